The Balaban J connectivity index is 1.55. The minimum absolute atomic E-state index is 0.0220. The summed E-state index contributed by atoms with van der Waals surface area (Å²) in [5, 5.41) is 8.27. The smallest absolute Gasteiger partial charge is 0.240 e. The van der Waals surface area contributed by atoms with Crippen molar-refractivity contribution in [1.82, 2.24) is 29.6 Å². The maximum Gasteiger partial charge on any atom is 0.240 e. The molecule has 4 aromatic rings. The molecule has 0 aliphatic carbocycles. The number of halogens is 1. The van der Waals surface area contributed by atoms with Gasteiger partial charge in [-0.2, -0.15) is 5.10 Å². The summed E-state index contributed by atoms with van der Waals surface area (Å²) in [5.41, 5.74) is 2.35. The molecule has 0 aliphatic heterocycles. The van der Waals surface area contributed by atoms with E-state index in [0.29, 0.717) is 18.0 Å². The third kappa shape index (κ3) is 3.94. The molecule has 1 atom stereocenters. The number of aryl methyl sites for hydroxylation is 2. The zero-order valence-electron chi connectivity index (χ0n) is 17.1. The molecule has 8 heteroatoms. The fourth-order valence-corrected chi connectivity index (χ4v) is 3.61. The number of benzene rings is 1. The van der Waals surface area contributed by atoms with Crippen LogP contribution in [-0.2, 0) is 11.3 Å². The van der Waals surface area contributed by atoms with E-state index in [-0.39, 0.29) is 24.3 Å². The van der Waals surface area contributed by atoms with Gasteiger partial charge in [-0.15, -0.1) is 0 Å². The van der Waals surface area contributed by atoms with E-state index in [2.05, 4.69) is 20.4 Å². The number of pyridine rings is 1. The third-order valence-electron chi connectivity index (χ3n) is 5.02. The van der Waals surface area contributed by atoms with Gasteiger partial charge in [-0.05, 0) is 68.8 Å². The first-order valence-corrected chi connectivity index (χ1v) is 9.79. The van der Waals surface area contributed by atoms with E-state index in [0.717, 1.165) is 22.5 Å². The molecule has 7 nitrogen and oxygen atoms in total. The Hall–Kier alpha value is -3.55. The third-order valence-corrected chi connectivity index (χ3v) is 5.02. The maximum atomic E-state index is 13.4. The molecule has 30 heavy (non-hydrogen) atoms. The second kappa shape index (κ2) is 8.06. The van der Waals surface area contributed by atoms with Gasteiger partial charge in [0.05, 0.1) is 11.7 Å². The quantitative estimate of drug-likeness (QED) is 0.532. The molecule has 3 heterocycles. The average molecular weight is 406 g/mol. The van der Waals surface area contributed by atoms with E-state index in [4.69, 9.17) is 0 Å². The fourth-order valence-electron chi connectivity index (χ4n) is 3.61. The second-order valence-electron chi connectivity index (χ2n) is 7.34. The van der Waals surface area contributed by atoms with Crippen LogP contribution < -0.4 is 5.32 Å². The lowest BCUT2D eigenvalue weighted by atomic mass is 10.1. The lowest BCUT2D eigenvalue weighted by Gasteiger charge is -2.15. The number of fused-ring (bicyclic) bond motifs is 1. The van der Waals surface area contributed by atoms with Crippen LogP contribution in [0.25, 0.3) is 22.3 Å². The van der Waals surface area contributed by atoms with E-state index in [1.54, 1.807) is 18.3 Å². The molecule has 3 aromatic heterocycles. The topological polar surface area (TPSA) is 77.6 Å². The highest BCUT2D eigenvalue weighted by Crippen LogP contribution is 2.27. The molecule has 0 saturated heterocycles. The lowest BCUT2D eigenvalue weighted by Crippen LogP contribution is -2.33. The van der Waals surface area contributed by atoms with Gasteiger partial charge < -0.3 is 9.88 Å². The van der Waals surface area contributed by atoms with Gasteiger partial charge in [-0.3, -0.25) is 4.79 Å². The summed E-state index contributed by atoms with van der Waals surface area (Å²) in [6.45, 7) is 6.26. The van der Waals surface area contributed by atoms with E-state index in [9.17, 15) is 9.18 Å². The van der Waals surface area contributed by atoms with Gasteiger partial charge in [0.1, 0.15) is 29.7 Å². The van der Waals surface area contributed by atoms with E-state index >= 15 is 0 Å². The standard InChI is InChI=1S/C22H23FN6O/c1-14(29-16(3)26-15(2)27-29)12-25-21(30)13-28-20(17-6-8-19(23)9-7-17)11-18-5-4-10-24-22(18)28/h4-11,14H,12-13H2,1-3H3,(H,25,30)/t14-/m1/s1. The summed E-state index contributed by atoms with van der Waals surface area (Å²) >= 11 is 0. The number of aromatic nitrogens is 5. The van der Waals surface area contributed by atoms with Crippen LogP contribution in [0.4, 0.5) is 4.39 Å². The van der Waals surface area contributed by atoms with Crippen LogP contribution in [-0.4, -0.2) is 36.8 Å². The van der Waals surface area contributed by atoms with Crippen molar-refractivity contribution in [2.45, 2.75) is 33.4 Å². The molecule has 0 radical (unpaired) electrons. The monoisotopic (exact) mass is 406 g/mol. The predicted octanol–water partition coefficient (Wildman–Crippen LogP) is 3.43. The van der Waals surface area contributed by atoms with Crippen molar-refractivity contribution < 1.29 is 9.18 Å². The van der Waals surface area contributed by atoms with Crippen molar-refractivity contribution in [1.29, 1.82) is 0 Å². The van der Waals surface area contributed by atoms with Crippen molar-refractivity contribution in [3.05, 3.63) is 66.1 Å². The molecular weight excluding hydrogens is 383 g/mol. The number of nitrogens with one attached hydrogen (secondary N) is 1. The molecular formula is C22H23FN6O. The van der Waals surface area contributed by atoms with Crippen molar-refractivity contribution >= 4 is 16.9 Å². The average Bonchev–Trinajstić information content (AvgIpc) is 3.26. The first kappa shape index (κ1) is 19.8. The Kier molecular flexibility index (Phi) is 5.31. The van der Waals surface area contributed by atoms with Gasteiger partial charge in [0.25, 0.3) is 0 Å². The van der Waals surface area contributed by atoms with Crippen LogP contribution in [0.3, 0.4) is 0 Å². The molecule has 0 unspecified atom stereocenters. The van der Waals surface area contributed by atoms with Crippen LogP contribution in [0.15, 0.2) is 48.7 Å². The van der Waals surface area contributed by atoms with Gasteiger partial charge in [-0.1, -0.05) is 0 Å². The molecule has 0 fully saturated rings. The number of rotatable bonds is 6. The normalized spacial score (nSPS) is 12.3. The molecule has 0 spiro atoms. The van der Waals surface area contributed by atoms with E-state index < -0.39 is 0 Å². The number of amides is 1. The van der Waals surface area contributed by atoms with Gasteiger partial charge in [-0.25, -0.2) is 19.0 Å². The Morgan fingerprint density at radius 3 is 2.67 bits per heavy atom. The zero-order chi connectivity index (χ0) is 21.3. The van der Waals surface area contributed by atoms with Crippen molar-refractivity contribution in [3.8, 4) is 11.3 Å². The van der Waals surface area contributed by atoms with Crippen LogP contribution in [0.2, 0.25) is 0 Å². The highest BCUT2D eigenvalue weighted by Gasteiger charge is 2.16. The molecule has 1 amide bonds. The first-order valence-electron chi connectivity index (χ1n) is 9.79. The Bertz CT molecular complexity index is 1190. The Morgan fingerprint density at radius 2 is 1.97 bits per heavy atom. The highest BCUT2D eigenvalue weighted by molar-refractivity contribution is 5.87. The minimum Gasteiger partial charge on any atom is -0.352 e. The van der Waals surface area contributed by atoms with Gasteiger partial charge in [0.2, 0.25) is 5.91 Å². The Morgan fingerprint density at radius 1 is 1.20 bits per heavy atom. The zero-order valence-corrected chi connectivity index (χ0v) is 17.1. The molecule has 154 valence electrons. The summed E-state index contributed by atoms with van der Waals surface area (Å²) in [4.78, 5) is 21.5. The van der Waals surface area contributed by atoms with Crippen molar-refractivity contribution in [2.24, 2.45) is 0 Å². The summed E-state index contributed by atoms with van der Waals surface area (Å²) in [5.74, 6) is 1.08. The summed E-state index contributed by atoms with van der Waals surface area (Å²) in [6, 6.07) is 12.0. The molecule has 1 aromatic carbocycles. The molecule has 1 N–H and O–H groups in total. The molecule has 0 bridgehead atoms. The lowest BCUT2D eigenvalue weighted by molar-refractivity contribution is -0.121. The largest absolute Gasteiger partial charge is 0.352 e. The van der Waals surface area contributed by atoms with Crippen molar-refractivity contribution in [2.75, 3.05) is 6.54 Å². The minimum atomic E-state index is -0.301. The van der Waals surface area contributed by atoms with E-state index in [1.807, 2.05) is 48.2 Å². The second-order valence-corrected chi connectivity index (χ2v) is 7.34. The summed E-state index contributed by atoms with van der Waals surface area (Å²) in [7, 11) is 0. The number of carbonyl (C=O) groups is 1. The van der Waals surface area contributed by atoms with Crippen molar-refractivity contribution in [3.63, 3.8) is 0 Å². The summed E-state index contributed by atoms with van der Waals surface area (Å²) in [6.07, 6.45) is 1.70. The van der Waals surface area contributed by atoms with Gasteiger partial charge in [0.15, 0.2) is 0 Å². The highest BCUT2D eigenvalue weighted by atomic mass is 19.1. The summed E-state index contributed by atoms with van der Waals surface area (Å²) < 4.78 is 17.0. The number of carbonyl (C=O) groups excluding carboxylic acids is 1. The van der Waals surface area contributed by atoms with Gasteiger partial charge in [0, 0.05) is 18.1 Å². The van der Waals surface area contributed by atoms with Crippen LogP contribution in [0.5, 0.6) is 0 Å². The SMILES string of the molecule is Cc1nc(C)n([C@H](C)CNC(=O)Cn2c(-c3ccc(F)cc3)cc3cccnc32)n1. The van der Waals surface area contributed by atoms with Crippen LogP contribution in [0, 0.1) is 19.7 Å². The fraction of sp³-hybridized carbons (Fsp3) is 0.273. The van der Waals surface area contributed by atoms with Crippen LogP contribution in [0.1, 0.15) is 24.6 Å². The molecule has 0 saturated carbocycles. The molecule has 4 rings (SSSR count). The van der Waals surface area contributed by atoms with Gasteiger partial charge >= 0.3 is 0 Å². The number of hydrogen-bond donors (Lipinski definition) is 1. The van der Waals surface area contributed by atoms with Crippen LogP contribution >= 0.6 is 0 Å². The molecule has 0 aliphatic rings. The predicted molar refractivity (Wildman–Crippen MR) is 112 cm³/mol. The number of hydrogen-bond acceptors (Lipinski definition) is 4. The Labute approximate surface area is 173 Å². The number of nitrogens with zero attached hydrogens (tertiary/aromatic N) is 5. The first-order chi connectivity index (χ1) is 14.4. The maximum absolute atomic E-state index is 13.4. The van der Waals surface area contributed by atoms with E-state index in [1.165, 1.54) is 12.1 Å².